The van der Waals surface area contributed by atoms with Crippen LogP contribution in [0.15, 0.2) is 59.5 Å². The van der Waals surface area contributed by atoms with Crippen molar-refractivity contribution in [2.45, 2.75) is 4.90 Å². The molecule has 2 aromatic rings. The van der Waals surface area contributed by atoms with E-state index >= 15 is 0 Å². The van der Waals surface area contributed by atoms with Gasteiger partial charge in [-0.3, -0.25) is 0 Å². The number of para-hydroxylation sites is 1. The van der Waals surface area contributed by atoms with Gasteiger partial charge in [-0.15, -0.1) is 0 Å². The molecule has 0 amide bonds. The molecule has 2 aromatic carbocycles. The van der Waals surface area contributed by atoms with E-state index in [4.69, 9.17) is 0 Å². The molecule has 1 aliphatic rings. The second kappa shape index (κ2) is 6.87. The van der Waals surface area contributed by atoms with Gasteiger partial charge < -0.3 is 10.2 Å². The van der Waals surface area contributed by atoms with Crippen LogP contribution in [0.2, 0.25) is 0 Å². The van der Waals surface area contributed by atoms with Crippen molar-refractivity contribution in [1.29, 1.82) is 0 Å². The monoisotopic (exact) mass is 299 g/mol. The lowest BCUT2D eigenvalue weighted by molar-refractivity contribution is 0.429. The molecule has 0 bridgehead atoms. The zero-order chi connectivity index (χ0) is 14.5. The van der Waals surface area contributed by atoms with Gasteiger partial charge in [0.15, 0.2) is 0 Å². The minimum Gasteiger partial charge on any atom is -0.388 e. The maximum absolute atomic E-state index is 3.15. The molecule has 4 heteroatoms. The fourth-order valence-corrected chi connectivity index (χ4v) is 3.41. The summed E-state index contributed by atoms with van der Waals surface area (Å²) in [6.45, 7) is 4.36. The maximum atomic E-state index is 3.15. The van der Waals surface area contributed by atoms with Crippen LogP contribution in [0.4, 0.5) is 11.4 Å². The van der Waals surface area contributed by atoms with Gasteiger partial charge >= 0.3 is 0 Å². The summed E-state index contributed by atoms with van der Waals surface area (Å²) in [6, 6.07) is 19.3. The van der Waals surface area contributed by atoms with Crippen LogP contribution >= 0.6 is 11.9 Å². The predicted octanol–water partition coefficient (Wildman–Crippen LogP) is 3.56. The number of anilines is 2. The van der Waals surface area contributed by atoms with Crippen LogP contribution in [0.5, 0.6) is 0 Å². The summed E-state index contributed by atoms with van der Waals surface area (Å²) >= 11 is 1.86. The summed E-state index contributed by atoms with van der Waals surface area (Å²) in [5, 5.41) is 3.15. The minimum atomic E-state index is 1.09. The molecule has 1 fully saturated rings. The lowest BCUT2D eigenvalue weighted by atomic mass is 10.2. The highest BCUT2D eigenvalue weighted by molar-refractivity contribution is 7.97. The Kier molecular flexibility index (Phi) is 4.68. The Bertz CT molecular complexity index is 548. The first kappa shape index (κ1) is 14.3. The van der Waals surface area contributed by atoms with E-state index in [9.17, 15) is 0 Å². The van der Waals surface area contributed by atoms with Gasteiger partial charge in [0.1, 0.15) is 0 Å². The molecule has 0 spiro atoms. The molecule has 3 rings (SSSR count). The molecular formula is C17H21N3S. The third-order valence-electron chi connectivity index (χ3n) is 3.74. The van der Waals surface area contributed by atoms with Gasteiger partial charge in [0.05, 0.1) is 0 Å². The summed E-state index contributed by atoms with van der Waals surface area (Å²) in [5.74, 6) is 0. The molecular weight excluding hydrogens is 278 g/mol. The summed E-state index contributed by atoms with van der Waals surface area (Å²) in [7, 11) is 1.95. The van der Waals surface area contributed by atoms with E-state index in [1.165, 1.54) is 10.6 Å². The first-order valence-corrected chi connectivity index (χ1v) is 8.13. The number of benzene rings is 2. The van der Waals surface area contributed by atoms with Gasteiger partial charge in [-0.25, -0.2) is 4.31 Å². The Hall–Kier alpha value is -1.65. The molecule has 0 aromatic heterocycles. The quantitative estimate of drug-likeness (QED) is 0.870. The van der Waals surface area contributed by atoms with Gasteiger partial charge in [-0.1, -0.05) is 18.2 Å². The highest BCUT2D eigenvalue weighted by Crippen LogP contribution is 2.26. The Balaban J connectivity index is 1.53. The van der Waals surface area contributed by atoms with Crippen LogP contribution in [0.25, 0.3) is 0 Å². The zero-order valence-corrected chi connectivity index (χ0v) is 13.1. The van der Waals surface area contributed by atoms with Crippen molar-refractivity contribution in [2.24, 2.45) is 0 Å². The van der Waals surface area contributed by atoms with Crippen LogP contribution in [-0.4, -0.2) is 37.5 Å². The number of hydrogen-bond acceptors (Lipinski definition) is 4. The van der Waals surface area contributed by atoms with Crippen molar-refractivity contribution in [1.82, 2.24) is 4.31 Å². The molecule has 1 N–H and O–H groups in total. The molecule has 1 saturated heterocycles. The molecule has 0 aliphatic carbocycles. The van der Waals surface area contributed by atoms with E-state index in [0.29, 0.717) is 0 Å². The van der Waals surface area contributed by atoms with Crippen LogP contribution in [-0.2, 0) is 0 Å². The largest absolute Gasteiger partial charge is 0.388 e. The first-order valence-electron chi connectivity index (χ1n) is 7.36. The number of nitrogens with one attached hydrogen (secondary N) is 1. The Morgan fingerprint density at radius 3 is 2.14 bits per heavy atom. The standard InChI is InChI=1S/C17H21N3S/c1-18-15-7-9-17(10-8-15)21-20-13-11-19(12-14-20)16-5-3-2-4-6-16/h2-10,18H,11-14H2,1H3. The highest BCUT2D eigenvalue weighted by atomic mass is 32.2. The van der Waals surface area contributed by atoms with Crippen LogP contribution in [0, 0.1) is 0 Å². The average molecular weight is 299 g/mol. The first-order chi connectivity index (χ1) is 10.3. The summed E-state index contributed by atoms with van der Waals surface area (Å²) in [6.07, 6.45) is 0. The van der Waals surface area contributed by atoms with Crippen LogP contribution < -0.4 is 10.2 Å². The molecule has 110 valence electrons. The van der Waals surface area contributed by atoms with Crippen LogP contribution in [0.1, 0.15) is 0 Å². The Labute approximate surface area is 131 Å². The molecule has 1 heterocycles. The zero-order valence-electron chi connectivity index (χ0n) is 12.3. The van der Waals surface area contributed by atoms with Crippen molar-refractivity contribution in [2.75, 3.05) is 43.4 Å². The summed E-state index contributed by atoms with van der Waals surface area (Å²) < 4.78 is 2.45. The van der Waals surface area contributed by atoms with Gasteiger partial charge in [0, 0.05) is 49.5 Å². The van der Waals surface area contributed by atoms with Crippen molar-refractivity contribution in [3.63, 3.8) is 0 Å². The average Bonchev–Trinajstić information content (AvgIpc) is 2.57. The smallest absolute Gasteiger partial charge is 0.0367 e. The Morgan fingerprint density at radius 2 is 1.52 bits per heavy atom. The van der Waals surface area contributed by atoms with Gasteiger partial charge in [-0.2, -0.15) is 0 Å². The van der Waals surface area contributed by atoms with E-state index in [-0.39, 0.29) is 0 Å². The lowest BCUT2D eigenvalue weighted by Crippen LogP contribution is -2.43. The SMILES string of the molecule is CNc1ccc(SN2CCN(c3ccccc3)CC2)cc1. The topological polar surface area (TPSA) is 18.5 Å². The number of piperazine rings is 1. The van der Waals surface area contributed by atoms with Crippen molar-refractivity contribution >= 4 is 23.3 Å². The van der Waals surface area contributed by atoms with E-state index in [1.54, 1.807) is 0 Å². The summed E-state index contributed by atoms with van der Waals surface area (Å²) in [5.41, 5.74) is 2.49. The van der Waals surface area contributed by atoms with Crippen molar-refractivity contribution in [3.8, 4) is 0 Å². The molecule has 0 atom stereocenters. The number of hydrogen-bond donors (Lipinski definition) is 1. The fourth-order valence-electron chi connectivity index (χ4n) is 2.51. The van der Waals surface area contributed by atoms with E-state index in [0.717, 1.165) is 31.9 Å². The molecule has 0 radical (unpaired) electrons. The van der Waals surface area contributed by atoms with Crippen molar-refractivity contribution in [3.05, 3.63) is 54.6 Å². The third kappa shape index (κ3) is 3.71. The van der Waals surface area contributed by atoms with Crippen LogP contribution in [0.3, 0.4) is 0 Å². The van der Waals surface area contributed by atoms with Crippen molar-refractivity contribution < 1.29 is 0 Å². The van der Waals surface area contributed by atoms with E-state index in [1.807, 2.05) is 19.0 Å². The second-order valence-electron chi connectivity index (χ2n) is 5.12. The molecule has 0 unspecified atom stereocenters. The highest BCUT2D eigenvalue weighted by Gasteiger charge is 2.17. The Morgan fingerprint density at radius 1 is 0.857 bits per heavy atom. The fraction of sp³-hybridized carbons (Fsp3) is 0.294. The predicted molar refractivity (Wildman–Crippen MR) is 92.1 cm³/mol. The second-order valence-corrected chi connectivity index (χ2v) is 6.29. The minimum absolute atomic E-state index is 1.09. The number of rotatable bonds is 4. The molecule has 1 aliphatic heterocycles. The van der Waals surface area contributed by atoms with Gasteiger partial charge in [-0.05, 0) is 48.3 Å². The maximum Gasteiger partial charge on any atom is 0.0367 e. The molecule has 0 saturated carbocycles. The lowest BCUT2D eigenvalue weighted by Gasteiger charge is -2.35. The molecule has 3 nitrogen and oxygen atoms in total. The molecule has 21 heavy (non-hydrogen) atoms. The van der Waals surface area contributed by atoms with Gasteiger partial charge in [0.25, 0.3) is 0 Å². The summed E-state index contributed by atoms with van der Waals surface area (Å²) in [4.78, 5) is 3.77. The normalized spacial score (nSPS) is 16.0. The van der Waals surface area contributed by atoms with Gasteiger partial charge in [0.2, 0.25) is 0 Å². The van der Waals surface area contributed by atoms with E-state index < -0.39 is 0 Å². The number of nitrogens with zero attached hydrogens (tertiary/aromatic N) is 2. The third-order valence-corrected chi connectivity index (χ3v) is 4.84. The van der Waals surface area contributed by atoms with E-state index in [2.05, 4.69) is 69.1 Å².